The van der Waals surface area contributed by atoms with E-state index in [0.717, 1.165) is 32.7 Å². The molecule has 0 atom stereocenters. The fourth-order valence-electron chi connectivity index (χ4n) is 2.23. The van der Waals surface area contributed by atoms with Crippen LogP contribution in [0.3, 0.4) is 0 Å². The SMILES string of the molecule is CCNC(=NCCCS(=O)(=O)c1ccccc1)NCCCOCC(C)C.I. The van der Waals surface area contributed by atoms with Crippen molar-refractivity contribution in [1.29, 1.82) is 0 Å². The van der Waals surface area contributed by atoms with E-state index in [0.29, 0.717) is 29.7 Å². The Balaban J connectivity index is 0.00000676. The van der Waals surface area contributed by atoms with Crippen molar-refractivity contribution in [1.82, 2.24) is 10.6 Å². The van der Waals surface area contributed by atoms with Crippen molar-refractivity contribution in [3.63, 3.8) is 0 Å². The molecule has 0 saturated carbocycles. The van der Waals surface area contributed by atoms with Crippen molar-refractivity contribution in [2.24, 2.45) is 10.9 Å². The van der Waals surface area contributed by atoms with E-state index >= 15 is 0 Å². The van der Waals surface area contributed by atoms with Gasteiger partial charge in [-0.2, -0.15) is 0 Å². The van der Waals surface area contributed by atoms with Crippen molar-refractivity contribution in [2.75, 3.05) is 38.6 Å². The van der Waals surface area contributed by atoms with Gasteiger partial charge in [-0.1, -0.05) is 32.0 Å². The zero-order valence-electron chi connectivity index (χ0n) is 16.6. The van der Waals surface area contributed by atoms with Crippen molar-refractivity contribution in [3.8, 4) is 0 Å². The highest BCUT2D eigenvalue weighted by Gasteiger charge is 2.12. The molecule has 0 aliphatic rings. The lowest BCUT2D eigenvalue weighted by molar-refractivity contribution is 0.108. The van der Waals surface area contributed by atoms with Crippen molar-refractivity contribution >= 4 is 39.8 Å². The molecular weight excluding hydrogens is 477 g/mol. The lowest BCUT2D eigenvalue weighted by Crippen LogP contribution is -2.38. The smallest absolute Gasteiger partial charge is 0.191 e. The molecule has 6 nitrogen and oxygen atoms in total. The number of guanidine groups is 1. The van der Waals surface area contributed by atoms with E-state index in [1.807, 2.05) is 13.0 Å². The van der Waals surface area contributed by atoms with Gasteiger partial charge in [-0.25, -0.2) is 8.42 Å². The average Bonchev–Trinajstić information content (AvgIpc) is 2.62. The molecule has 156 valence electrons. The number of benzene rings is 1. The Morgan fingerprint density at radius 2 is 1.85 bits per heavy atom. The summed E-state index contributed by atoms with van der Waals surface area (Å²) in [5.41, 5.74) is 0. The number of ether oxygens (including phenoxy) is 1. The summed E-state index contributed by atoms with van der Waals surface area (Å²) in [6, 6.07) is 8.55. The van der Waals surface area contributed by atoms with Crippen LogP contribution in [0.4, 0.5) is 0 Å². The van der Waals surface area contributed by atoms with Crippen LogP contribution in [-0.2, 0) is 14.6 Å². The molecule has 1 aromatic rings. The highest BCUT2D eigenvalue weighted by molar-refractivity contribution is 14.0. The Hall–Kier alpha value is -0.870. The molecule has 1 aromatic carbocycles. The molecule has 0 bridgehead atoms. The molecule has 0 aliphatic heterocycles. The number of halogens is 1. The van der Waals surface area contributed by atoms with Crippen LogP contribution in [0.25, 0.3) is 0 Å². The number of hydrogen-bond donors (Lipinski definition) is 2. The number of nitrogens with zero attached hydrogens (tertiary/aromatic N) is 1. The molecule has 0 amide bonds. The van der Waals surface area contributed by atoms with Crippen molar-refractivity contribution in [2.45, 2.75) is 38.5 Å². The predicted octanol–water partition coefficient (Wildman–Crippen LogP) is 3.09. The first-order chi connectivity index (χ1) is 12.5. The highest BCUT2D eigenvalue weighted by Crippen LogP contribution is 2.10. The van der Waals surface area contributed by atoms with Gasteiger partial charge in [-0.05, 0) is 37.8 Å². The fourth-order valence-corrected chi connectivity index (χ4v) is 3.55. The first kappa shape index (κ1) is 26.1. The van der Waals surface area contributed by atoms with Gasteiger partial charge in [0.15, 0.2) is 15.8 Å². The highest BCUT2D eigenvalue weighted by atomic mass is 127. The minimum Gasteiger partial charge on any atom is -0.381 e. The molecule has 0 fully saturated rings. The summed E-state index contributed by atoms with van der Waals surface area (Å²) in [6.45, 7) is 9.76. The van der Waals surface area contributed by atoms with E-state index in [9.17, 15) is 8.42 Å². The summed E-state index contributed by atoms with van der Waals surface area (Å²) in [6.07, 6.45) is 1.39. The lowest BCUT2D eigenvalue weighted by atomic mass is 10.2. The summed E-state index contributed by atoms with van der Waals surface area (Å²) >= 11 is 0. The van der Waals surface area contributed by atoms with Crippen LogP contribution >= 0.6 is 24.0 Å². The second-order valence-corrected chi connectivity index (χ2v) is 8.60. The third-order valence-corrected chi connectivity index (χ3v) is 5.31. The van der Waals surface area contributed by atoms with E-state index < -0.39 is 9.84 Å². The van der Waals surface area contributed by atoms with Crippen LogP contribution in [0.2, 0.25) is 0 Å². The Morgan fingerprint density at radius 1 is 1.15 bits per heavy atom. The molecule has 1 rings (SSSR count). The fraction of sp³-hybridized carbons (Fsp3) is 0.632. The van der Waals surface area contributed by atoms with Gasteiger partial charge in [0.1, 0.15) is 0 Å². The van der Waals surface area contributed by atoms with Gasteiger partial charge in [0.2, 0.25) is 0 Å². The Labute approximate surface area is 181 Å². The zero-order valence-corrected chi connectivity index (χ0v) is 19.8. The van der Waals surface area contributed by atoms with Crippen LogP contribution in [0.1, 0.15) is 33.6 Å². The Morgan fingerprint density at radius 3 is 2.48 bits per heavy atom. The quantitative estimate of drug-likeness (QED) is 0.195. The maximum atomic E-state index is 12.2. The van der Waals surface area contributed by atoms with Gasteiger partial charge < -0.3 is 15.4 Å². The van der Waals surface area contributed by atoms with Gasteiger partial charge in [0.05, 0.1) is 10.6 Å². The molecule has 0 aromatic heterocycles. The van der Waals surface area contributed by atoms with E-state index in [-0.39, 0.29) is 29.7 Å². The summed E-state index contributed by atoms with van der Waals surface area (Å²) < 4.78 is 30.0. The second kappa shape index (κ2) is 15.1. The Bertz CT molecular complexity index is 622. The van der Waals surface area contributed by atoms with Gasteiger partial charge >= 0.3 is 0 Å². The molecule has 0 radical (unpaired) electrons. The first-order valence-electron chi connectivity index (χ1n) is 9.33. The van der Waals surface area contributed by atoms with Crippen LogP contribution < -0.4 is 10.6 Å². The largest absolute Gasteiger partial charge is 0.381 e. The molecule has 8 heteroatoms. The van der Waals surface area contributed by atoms with Gasteiger partial charge in [-0.15, -0.1) is 24.0 Å². The molecule has 0 heterocycles. The number of sulfone groups is 1. The standard InChI is InChI=1S/C19H33N3O3S.HI/c1-4-20-19(21-12-8-14-25-16-17(2)3)22-13-9-15-26(23,24)18-10-6-5-7-11-18;/h5-7,10-11,17H,4,8-9,12-16H2,1-3H3,(H2,20,21,22);1H. The van der Waals surface area contributed by atoms with Gasteiger partial charge in [0.25, 0.3) is 0 Å². The minimum atomic E-state index is -3.23. The normalized spacial score (nSPS) is 11.9. The predicted molar refractivity (Wildman–Crippen MR) is 123 cm³/mol. The average molecular weight is 511 g/mol. The first-order valence-corrected chi connectivity index (χ1v) is 11.0. The van der Waals surface area contributed by atoms with E-state index in [1.54, 1.807) is 24.3 Å². The molecule has 2 N–H and O–H groups in total. The third-order valence-electron chi connectivity index (χ3n) is 3.50. The third kappa shape index (κ3) is 12.2. The van der Waals surface area contributed by atoms with E-state index in [1.165, 1.54) is 0 Å². The topological polar surface area (TPSA) is 79.8 Å². The van der Waals surface area contributed by atoms with Crippen molar-refractivity contribution in [3.05, 3.63) is 30.3 Å². The summed E-state index contributed by atoms with van der Waals surface area (Å²) in [4.78, 5) is 4.82. The zero-order chi connectivity index (χ0) is 19.3. The minimum absolute atomic E-state index is 0. The Kier molecular flexibility index (Phi) is 14.6. The number of hydrogen-bond acceptors (Lipinski definition) is 4. The maximum Gasteiger partial charge on any atom is 0.191 e. The molecule has 0 aliphatic carbocycles. The molecule has 0 unspecified atom stereocenters. The molecular formula is C19H34IN3O3S. The second-order valence-electron chi connectivity index (χ2n) is 6.50. The summed E-state index contributed by atoms with van der Waals surface area (Å²) in [5, 5.41) is 6.42. The number of nitrogens with one attached hydrogen (secondary N) is 2. The lowest BCUT2D eigenvalue weighted by Gasteiger charge is -2.12. The van der Waals surface area contributed by atoms with Crippen LogP contribution in [-0.4, -0.2) is 53.0 Å². The molecule has 0 spiro atoms. The number of aliphatic imine (C=N–C) groups is 1. The number of rotatable bonds is 12. The van der Waals surface area contributed by atoms with E-state index in [4.69, 9.17) is 4.74 Å². The van der Waals surface area contributed by atoms with E-state index in [2.05, 4.69) is 29.5 Å². The van der Waals surface area contributed by atoms with Gasteiger partial charge in [-0.3, -0.25) is 4.99 Å². The summed E-state index contributed by atoms with van der Waals surface area (Å²) in [5.74, 6) is 1.37. The molecule has 0 saturated heterocycles. The van der Waals surface area contributed by atoms with Crippen molar-refractivity contribution < 1.29 is 13.2 Å². The summed E-state index contributed by atoms with van der Waals surface area (Å²) in [7, 11) is -3.23. The van der Waals surface area contributed by atoms with Crippen LogP contribution in [0.5, 0.6) is 0 Å². The monoisotopic (exact) mass is 511 g/mol. The van der Waals surface area contributed by atoms with Crippen LogP contribution in [0.15, 0.2) is 40.2 Å². The van der Waals surface area contributed by atoms with Crippen LogP contribution in [0, 0.1) is 5.92 Å². The molecule has 27 heavy (non-hydrogen) atoms. The van der Waals surface area contributed by atoms with Gasteiger partial charge in [0, 0.05) is 32.8 Å². The maximum absolute atomic E-state index is 12.2.